The number of halogens is 1. The Balaban J connectivity index is 2.04. The normalized spacial score (nSPS) is 10.1. The van der Waals surface area contributed by atoms with Crippen molar-refractivity contribution in [3.05, 3.63) is 52.6 Å². The van der Waals surface area contributed by atoms with Gasteiger partial charge in [-0.15, -0.1) is 0 Å². The SMILES string of the molecule is Cc1cc(C(=O)NCc2cccnn2)cc(Cl)n1. The topological polar surface area (TPSA) is 67.8 Å². The van der Waals surface area contributed by atoms with E-state index in [1.807, 2.05) is 0 Å². The molecule has 5 nitrogen and oxygen atoms in total. The smallest absolute Gasteiger partial charge is 0.251 e. The van der Waals surface area contributed by atoms with Gasteiger partial charge in [0.25, 0.3) is 5.91 Å². The number of hydrogen-bond acceptors (Lipinski definition) is 4. The predicted octanol–water partition coefficient (Wildman–Crippen LogP) is 1.76. The monoisotopic (exact) mass is 262 g/mol. The Morgan fingerprint density at radius 2 is 2.28 bits per heavy atom. The van der Waals surface area contributed by atoms with E-state index in [2.05, 4.69) is 20.5 Å². The third-order valence-electron chi connectivity index (χ3n) is 2.24. The number of nitrogens with zero attached hydrogens (tertiary/aromatic N) is 3. The minimum absolute atomic E-state index is 0.215. The largest absolute Gasteiger partial charge is 0.346 e. The number of aryl methyl sites for hydroxylation is 1. The summed E-state index contributed by atoms with van der Waals surface area (Å²) in [6, 6.07) is 6.76. The number of carbonyl (C=O) groups excluding carboxylic acids is 1. The fourth-order valence-corrected chi connectivity index (χ4v) is 1.71. The van der Waals surface area contributed by atoms with Crippen LogP contribution in [-0.4, -0.2) is 21.1 Å². The van der Waals surface area contributed by atoms with E-state index < -0.39 is 0 Å². The Morgan fingerprint density at radius 3 is 2.94 bits per heavy atom. The highest BCUT2D eigenvalue weighted by Crippen LogP contribution is 2.10. The van der Waals surface area contributed by atoms with Crippen LogP contribution in [0.2, 0.25) is 5.15 Å². The number of amides is 1. The molecule has 0 aliphatic carbocycles. The van der Waals surface area contributed by atoms with E-state index in [1.54, 1.807) is 31.3 Å². The van der Waals surface area contributed by atoms with Crippen LogP contribution in [0.5, 0.6) is 0 Å². The lowest BCUT2D eigenvalue weighted by molar-refractivity contribution is 0.0950. The molecule has 92 valence electrons. The molecule has 0 radical (unpaired) electrons. The quantitative estimate of drug-likeness (QED) is 0.856. The van der Waals surface area contributed by atoms with Crippen molar-refractivity contribution in [1.29, 1.82) is 0 Å². The molecule has 1 amide bonds. The van der Waals surface area contributed by atoms with Crippen LogP contribution < -0.4 is 5.32 Å². The van der Waals surface area contributed by atoms with Gasteiger partial charge in [-0.05, 0) is 31.2 Å². The lowest BCUT2D eigenvalue weighted by Gasteiger charge is -2.05. The third kappa shape index (κ3) is 3.24. The van der Waals surface area contributed by atoms with E-state index in [0.717, 1.165) is 0 Å². The van der Waals surface area contributed by atoms with Crippen molar-refractivity contribution in [3.8, 4) is 0 Å². The fourth-order valence-electron chi connectivity index (χ4n) is 1.46. The van der Waals surface area contributed by atoms with Gasteiger partial charge >= 0.3 is 0 Å². The van der Waals surface area contributed by atoms with E-state index >= 15 is 0 Å². The Morgan fingerprint density at radius 1 is 1.44 bits per heavy atom. The average molecular weight is 263 g/mol. The van der Waals surface area contributed by atoms with Gasteiger partial charge in [0, 0.05) is 17.5 Å². The molecule has 0 fully saturated rings. The highest BCUT2D eigenvalue weighted by atomic mass is 35.5. The molecule has 0 saturated heterocycles. The molecule has 0 spiro atoms. The Bertz CT molecular complexity index is 539. The van der Waals surface area contributed by atoms with Crippen LogP contribution in [0.1, 0.15) is 21.7 Å². The van der Waals surface area contributed by atoms with Crippen molar-refractivity contribution in [1.82, 2.24) is 20.5 Å². The van der Waals surface area contributed by atoms with Gasteiger partial charge in [0.1, 0.15) is 5.15 Å². The predicted molar refractivity (Wildman–Crippen MR) is 67.2 cm³/mol. The van der Waals surface area contributed by atoms with E-state index in [9.17, 15) is 4.79 Å². The van der Waals surface area contributed by atoms with Crippen molar-refractivity contribution >= 4 is 17.5 Å². The first-order chi connectivity index (χ1) is 8.65. The molecular formula is C12H11ClN4O. The summed E-state index contributed by atoms with van der Waals surface area (Å²) in [6.07, 6.45) is 1.58. The number of carbonyl (C=O) groups is 1. The van der Waals surface area contributed by atoms with Crippen LogP contribution in [0.25, 0.3) is 0 Å². The molecule has 2 heterocycles. The summed E-state index contributed by atoms with van der Waals surface area (Å²) >= 11 is 5.80. The first kappa shape index (κ1) is 12.4. The average Bonchev–Trinajstić information content (AvgIpc) is 2.36. The van der Waals surface area contributed by atoms with Crippen molar-refractivity contribution in [3.63, 3.8) is 0 Å². The second kappa shape index (κ2) is 5.55. The summed E-state index contributed by atoms with van der Waals surface area (Å²) < 4.78 is 0. The van der Waals surface area contributed by atoms with Crippen LogP contribution in [0, 0.1) is 6.92 Å². The van der Waals surface area contributed by atoms with Crippen LogP contribution >= 0.6 is 11.6 Å². The second-order valence-electron chi connectivity index (χ2n) is 3.72. The molecule has 0 bridgehead atoms. The summed E-state index contributed by atoms with van der Waals surface area (Å²) in [5.74, 6) is -0.215. The van der Waals surface area contributed by atoms with E-state index in [1.165, 1.54) is 6.07 Å². The van der Waals surface area contributed by atoms with Crippen molar-refractivity contribution < 1.29 is 4.79 Å². The highest BCUT2D eigenvalue weighted by molar-refractivity contribution is 6.29. The summed E-state index contributed by atoms with van der Waals surface area (Å²) in [4.78, 5) is 15.9. The first-order valence-corrected chi connectivity index (χ1v) is 5.72. The van der Waals surface area contributed by atoms with Gasteiger partial charge < -0.3 is 5.32 Å². The molecule has 0 atom stereocenters. The molecule has 0 saturated carbocycles. The van der Waals surface area contributed by atoms with Gasteiger partial charge in [0.05, 0.1) is 12.2 Å². The molecule has 1 N–H and O–H groups in total. The fraction of sp³-hybridized carbons (Fsp3) is 0.167. The Hall–Kier alpha value is -2.01. The first-order valence-electron chi connectivity index (χ1n) is 5.34. The van der Waals surface area contributed by atoms with Crippen molar-refractivity contribution in [2.24, 2.45) is 0 Å². The Labute approximate surface area is 109 Å². The number of rotatable bonds is 3. The zero-order valence-electron chi connectivity index (χ0n) is 9.72. The maximum absolute atomic E-state index is 11.9. The van der Waals surface area contributed by atoms with E-state index in [4.69, 9.17) is 11.6 Å². The molecule has 6 heteroatoms. The van der Waals surface area contributed by atoms with Gasteiger partial charge in [-0.1, -0.05) is 11.6 Å². The molecule has 0 aromatic carbocycles. The molecular weight excluding hydrogens is 252 g/mol. The minimum atomic E-state index is -0.215. The van der Waals surface area contributed by atoms with Gasteiger partial charge in [-0.3, -0.25) is 4.79 Å². The van der Waals surface area contributed by atoms with E-state index in [-0.39, 0.29) is 5.91 Å². The number of hydrogen-bond donors (Lipinski definition) is 1. The molecule has 2 rings (SSSR count). The lowest BCUT2D eigenvalue weighted by atomic mass is 10.2. The van der Waals surface area contributed by atoms with Gasteiger partial charge in [-0.25, -0.2) is 4.98 Å². The number of nitrogens with one attached hydrogen (secondary N) is 1. The maximum atomic E-state index is 11.9. The van der Waals surface area contributed by atoms with Gasteiger partial charge in [0.2, 0.25) is 0 Å². The van der Waals surface area contributed by atoms with Crippen LogP contribution in [0.3, 0.4) is 0 Å². The van der Waals surface area contributed by atoms with Crippen LogP contribution in [0.4, 0.5) is 0 Å². The lowest BCUT2D eigenvalue weighted by Crippen LogP contribution is -2.23. The van der Waals surface area contributed by atoms with Gasteiger partial charge in [-0.2, -0.15) is 10.2 Å². The Kier molecular flexibility index (Phi) is 3.84. The zero-order valence-corrected chi connectivity index (χ0v) is 10.5. The summed E-state index contributed by atoms with van der Waals surface area (Å²) in [5, 5.41) is 10.7. The standard InChI is InChI=1S/C12H11ClN4O/c1-8-5-9(6-11(13)16-8)12(18)14-7-10-3-2-4-15-17-10/h2-6H,7H2,1H3,(H,14,18). The summed E-state index contributed by atoms with van der Waals surface area (Å²) in [5.41, 5.74) is 1.88. The third-order valence-corrected chi connectivity index (χ3v) is 2.44. The second-order valence-corrected chi connectivity index (χ2v) is 4.10. The van der Waals surface area contributed by atoms with Crippen LogP contribution in [0.15, 0.2) is 30.5 Å². The van der Waals surface area contributed by atoms with Crippen LogP contribution in [-0.2, 0) is 6.54 Å². The molecule has 0 aliphatic heterocycles. The maximum Gasteiger partial charge on any atom is 0.251 e. The zero-order chi connectivity index (χ0) is 13.0. The molecule has 0 unspecified atom stereocenters. The molecule has 18 heavy (non-hydrogen) atoms. The number of aromatic nitrogens is 3. The summed E-state index contributed by atoms with van der Waals surface area (Å²) in [7, 11) is 0. The molecule has 2 aromatic heterocycles. The van der Waals surface area contributed by atoms with Gasteiger partial charge in [0.15, 0.2) is 0 Å². The molecule has 2 aromatic rings. The molecule has 0 aliphatic rings. The van der Waals surface area contributed by atoms with Crippen molar-refractivity contribution in [2.75, 3.05) is 0 Å². The van der Waals surface area contributed by atoms with E-state index in [0.29, 0.717) is 28.6 Å². The number of pyridine rings is 1. The summed E-state index contributed by atoms with van der Waals surface area (Å²) in [6.45, 7) is 2.11. The highest BCUT2D eigenvalue weighted by Gasteiger charge is 2.08. The minimum Gasteiger partial charge on any atom is -0.346 e. The van der Waals surface area contributed by atoms with Crippen molar-refractivity contribution in [2.45, 2.75) is 13.5 Å².